The van der Waals surface area contributed by atoms with Gasteiger partial charge in [-0.05, 0) is 50.3 Å². The number of aryl methyl sites for hydroxylation is 1. The van der Waals surface area contributed by atoms with Crippen molar-refractivity contribution in [3.8, 4) is 11.5 Å². The van der Waals surface area contributed by atoms with Crippen molar-refractivity contribution in [3.05, 3.63) is 41.2 Å². The smallest absolute Gasteiger partial charge is 0.161 e. The van der Waals surface area contributed by atoms with Crippen LogP contribution in [0.3, 0.4) is 0 Å². The summed E-state index contributed by atoms with van der Waals surface area (Å²) in [5, 5.41) is 8.23. The molecule has 136 valence electrons. The van der Waals surface area contributed by atoms with Gasteiger partial charge >= 0.3 is 0 Å². The Kier molecular flexibility index (Phi) is 5.97. The molecule has 0 bridgehead atoms. The summed E-state index contributed by atoms with van der Waals surface area (Å²) in [6.07, 6.45) is 6.54. The lowest BCUT2D eigenvalue weighted by Crippen LogP contribution is -2.25. The normalized spacial score (nSPS) is 16.5. The third-order valence-electron chi connectivity index (χ3n) is 4.80. The maximum atomic E-state index is 5.82. The molecule has 1 heterocycles. The van der Waals surface area contributed by atoms with Gasteiger partial charge in [0.1, 0.15) is 0 Å². The number of rotatable bonds is 8. The Morgan fingerprint density at radius 1 is 1.28 bits per heavy atom. The zero-order valence-corrected chi connectivity index (χ0v) is 15.5. The van der Waals surface area contributed by atoms with E-state index in [9.17, 15) is 0 Å². The van der Waals surface area contributed by atoms with E-state index in [1.54, 1.807) is 7.11 Å². The van der Waals surface area contributed by atoms with Gasteiger partial charge in [-0.2, -0.15) is 5.10 Å². The zero-order valence-electron chi connectivity index (χ0n) is 15.5. The van der Waals surface area contributed by atoms with Crippen LogP contribution >= 0.6 is 0 Å². The van der Waals surface area contributed by atoms with Crippen molar-refractivity contribution >= 4 is 0 Å². The molecule has 0 aliphatic heterocycles. The Morgan fingerprint density at radius 2 is 2.16 bits per heavy atom. The van der Waals surface area contributed by atoms with Gasteiger partial charge in [-0.25, -0.2) is 0 Å². The van der Waals surface area contributed by atoms with Crippen LogP contribution < -0.4 is 14.8 Å². The minimum absolute atomic E-state index is 0.381. The first kappa shape index (κ1) is 17.8. The van der Waals surface area contributed by atoms with Gasteiger partial charge in [0.05, 0.1) is 19.9 Å². The van der Waals surface area contributed by atoms with Crippen LogP contribution in [-0.2, 0) is 19.5 Å². The number of ether oxygens (including phenoxy) is 2. The first-order chi connectivity index (χ1) is 12.3. The molecule has 0 fully saturated rings. The highest BCUT2D eigenvalue weighted by atomic mass is 16.5. The highest BCUT2D eigenvalue weighted by Gasteiger charge is 2.23. The highest BCUT2D eigenvalue weighted by molar-refractivity contribution is 5.43. The number of methoxy groups -OCH3 is 1. The van der Waals surface area contributed by atoms with E-state index in [1.807, 2.05) is 12.3 Å². The Bertz CT molecular complexity index is 696. The van der Waals surface area contributed by atoms with E-state index in [1.165, 1.54) is 23.2 Å². The summed E-state index contributed by atoms with van der Waals surface area (Å²) in [6.45, 7) is 6.72. The summed E-state index contributed by atoms with van der Waals surface area (Å²) in [6, 6.07) is 6.56. The molecule has 1 atom stereocenters. The summed E-state index contributed by atoms with van der Waals surface area (Å²) >= 11 is 0. The van der Waals surface area contributed by atoms with Crippen molar-refractivity contribution in [1.29, 1.82) is 0 Å². The van der Waals surface area contributed by atoms with Gasteiger partial charge in [-0.15, -0.1) is 0 Å². The van der Waals surface area contributed by atoms with Crippen LogP contribution in [0.2, 0.25) is 0 Å². The van der Waals surface area contributed by atoms with Crippen molar-refractivity contribution in [3.63, 3.8) is 0 Å². The monoisotopic (exact) mass is 343 g/mol. The Morgan fingerprint density at radius 3 is 2.92 bits per heavy atom. The largest absolute Gasteiger partial charge is 0.493 e. The molecule has 25 heavy (non-hydrogen) atoms. The quantitative estimate of drug-likeness (QED) is 0.790. The van der Waals surface area contributed by atoms with Crippen molar-refractivity contribution < 1.29 is 9.47 Å². The molecule has 2 aromatic rings. The molecule has 0 saturated carbocycles. The summed E-state index contributed by atoms with van der Waals surface area (Å²) < 4.78 is 13.3. The van der Waals surface area contributed by atoms with E-state index >= 15 is 0 Å². The lowest BCUT2D eigenvalue weighted by atomic mass is 9.93. The Labute approximate surface area is 150 Å². The van der Waals surface area contributed by atoms with Gasteiger partial charge in [-0.3, -0.25) is 4.68 Å². The summed E-state index contributed by atoms with van der Waals surface area (Å²) in [5.74, 6) is 1.62. The van der Waals surface area contributed by atoms with Gasteiger partial charge in [0, 0.05) is 30.4 Å². The second-order valence-corrected chi connectivity index (χ2v) is 6.52. The Balaban J connectivity index is 1.69. The van der Waals surface area contributed by atoms with Gasteiger partial charge in [0.2, 0.25) is 0 Å². The minimum atomic E-state index is 0.381. The lowest BCUT2D eigenvalue weighted by molar-refractivity contribution is 0.294. The molecule has 3 rings (SSSR count). The standard InChI is InChI=1S/C20H29N3O2/c1-4-11-25-20-12-15(9-10-19(20)24-3)13-21-17-7-6-8-18-16(17)14-22-23(18)5-2/h9-10,12,14,17,21H,4-8,11,13H2,1-3H3/t17-/m1/s1. The second kappa shape index (κ2) is 8.39. The number of nitrogens with zero attached hydrogens (tertiary/aromatic N) is 2. The number of aromatic nitrogens is 2. The van der Waals surface area contributed by atoms with E-state index in [0.717, 1.165) is 43.9 Å². The minimum Gasteiger partial charge on any atom is -0.493 e. The van der Waals surface area contributed by atoms with Crippen LogP contribution in [0.1, 0.15) is 56.0 Å². The SMILES string of the molecule is CCCOc1cc(CN[C@@H]2CCCc3c2cnn3CC)ccc1OC. The molecule has 5 nitrogen and oxygen atoms in total. The summed E-state index contributed by atoms with van der Waals surface area (Å²) in [5.41, 5.74) is 3.97. The first-order valence-electron chi connectivity index (χ1n) is 9.34. The molecule has 0 radical (unpaired) electrons. The van der Waals surface area contributed by atoms with Crippen LogP contribution in [0, 0.1) is 0 Å². The average molecular weight is 343 g/mol. The van der Waals surface area contributed by atoms with Gasteiger partial charge in [0.15, 0.2) is 11.5 Å². The molecule has 1 aliphatic carbocycles. The summed E-state index contributed by atoms with van der Waals surface area (Å²) in [4.78, 5) is 0. The number of hydrogen-bond acceptors (Lipinski definition) is 4. The fraction of sp³-hybridized carbons (Fsp3) is 0.550. The lowest BCUT2D eigenvalue weighted by Gasteiger charge is -2.24. The molecule has 1 aromatic carbocycles. The molecule has 0 spiro atoms. The molecule has 0 unspecified atom stereocenters. The van der Waals surface area contributed by atoms with Gasteiger partial charge in [0.25, 0.3) is 0 Å². The number of fused-ring (bicyclic) bond motifs is 1. The average Bonchev–Trinajstić information content (AvgIpc) is 3.08. The van der Waals surface area contributed by atoms with Crippen molar-refractivity contribution in [2.75, 3.05) is 13.7 Å². The van der Waals surface area contributed by atoms with Gasteiger partial charge < -0.3 is 14.8 Å². The van der Waals surface area contributed by atoms with Crippen molar-refractivity contribution in [2.24, 2.45) is 0 Å². The molecule has 1 aromatic heterocycles. The maximum absolute atomic E-state index is 5.82. The number of nitrogens with one attached hydrogen (secondary N) is 1. The summed E-state index contributed by atoms with van der Waals surface area (Å²) in [7, 11) is 1.68. The van der Waals surface area contributed by atoms with E-state index < -0.39 is 0 Å². The number of benzene rings is 1. The third kappa shape index (κ3) is 3.98. The molecule has 1 N–H and O–H groups in total. The highest BCUT2D eigenvalue weighted by Crippen LogP contribution is 2.31. The third-order valence-corrected chi connectivity index (χ3v) is 4.80. The molecule has 5 heteroatoms. The fourth-order valence-corrected chi connectivity index (χ4v) is 3.50. The van der Waals surface area contributed by atoms with Crippen LogP contribution in [0.25, 0.3) is 0 Å². The van der Waals surface area contributed by atoms with Crippen LogP contribution in [0.5, 0.6) is 11.5 Å². The molecule has 0 amide bonds. The fourth-order valence-electron chi connectivity index (χ4n) is 3.50. The second-order valence-electron chi connectivity index (χ2n) is 6.52. The predicted octanol–water partition coefficient (Wildman–Crippen LogP) is 3.87. The number of hydrogen-bond donors (Lipinski definition) is 1. The zero-order chi connectivity index (χ0) is 17.6. The van der Waals surface area contributed by atoms with E-state index in [2.05, 4.69) is 41.1 Å². The van der Waals surface area contributed by atoms with E-state index in [0.29, 0.717) is 12.6 Å². The Hall–Kier alpha value is -2.01. The molecule has 1 aliphatic rings. The van der Waals surface area contributed by atoms with Crippen molar-refractivity contribution in [2.45, 2.75) is 58.7 Å². The van der Waals surface area contributed by atoms with Crippen molar-refractivity contribution in [1.82, 2.24) is 15.1 Å². The van der Waals surface area contributed by atoms with E-state index in [-0.39, 0.29) is 0 Å². The van der Waals surface area contributed by atoms with Gasteiger partial charge in [-0.1, -0.05) is 13.0 Å². The molecular formula is C20H29N3O2. The molecule has 0 saturated heterocycles. The van der Waals surface area contributed by atoms with Crippen LogP contribution in [-0.4, -0.2) is 23.5 Å². The first-order valence-corrected chi connectivity index (χ1v) is 9.34. The molecular weight excluding hydrogens is 314 g/mol. The van der Waals surface area contributed by atoms with Crippen LogP contribution in [0.4, 0.5) is 0 Å². The van der Waals surface area contributed by atoms with E-state index in [4.69, 9.17) is 9.47 Å². The van der Waals surface area contributed by atoms with Crippen LogP contribution in [0.15, 0.2) is 24.4 Å². The predicted molar refractivity (Wildman–Crippen MR) is 99.2 cm³/mol. The maximum Gasteiger partial charge on any atom is 0.161 e. The topological polar surface area (TPSA) is 48.3 Å².